The molecule has 1 fully saturated rings. The lowest BCUT2D eigenvalue weighted by Gasteiger charge is -2.34. The fourth-order valence-electron chi connectivity index (χ4n) is 3.78. The van der Waals surface area contributed by atoms with Crippen molar-refractivity contribution >= 4 is 51.6 Å². The molecule has 1 aromatic heterocycles. The highest BCUT2D eigenvalue weighted by Gasteiger charge is 2.24. The number of ether oxygens (including phenoxy) is 3. The van der Waals surface area contributed by atoms with Gasteiger partial charge in [0.1, 0.15) is 24.9 Å². The molecule has 0 saturated carbocycles. The van der Waals surface area contributed by atoms with Gasteiger partial charge in [-0.05, 0) is 31.2 Å². The molecule has 0 amide bonds. The Kier molecular flexibility index (Phi) is 8.54. The standard InChI is InChI=1S/C25H26Cl2N6O3/c1-4-28-25(29-5-2)33-8-9-35-17(13-33)14-36-23-12-21-18(11-22(23)34-3)24(31-15-30-21)32-16-6-7-19(26)20(27)10-16/h1,6-7,10-12,15,17H,5,8-9,13-14H2,2-3H3,(H,28,29)(H,30,31,32). The molecule has 0 bridgehead atoms. The van der Waals surface area contributed by atoms with Gasteiger partial charge < -0.3 is 29.7 Å². The summed E-state index contributed by atoms with van der Waals surface area (Å²) >= 11 is 12.2. The number of terminal acetylenes is 1. The number of aromatic nitrogens is 2. The maximum Gasteiger partial charge on any atom is 0.207 e. The largest absolute Gasteiger partial charge is 0.493 e. The van der Waals surface area contributed by atoms with Gasteiger partial charge in [-0.15, -0.1) is 0 Å². The van der Waals surface area contributed by atoms with E-state index in [1.807, 2.05) is 25.1 Å². The molecular weight excluding hydrogens is 503 g/mol. The van der Waals surface area contributed by atoms with Crippen molar-refractivity contribution in [3.05, 3.63) is 46.7 Å². The molecule has 1 unspecified atom stereocenters. The second kappa shape index (κ2) is 12.0. The first-order valence-electron chi connectivity index (χ1n) is 11.3. The lowest BCUT2D eigenvalue weighted by molar-refractivity contribution is -0.0297. The normalized spacial score (nSPS) is 15.9. The van der Waals surface area contributed by atoms with Crippen LogP contribution in [0, 0.1) is 12.5 Å². The number of nitrogens with zero attached hydrogens (tertiary/aromatic N) is 4. The van der Waals surface area contributed by atoms with E-state index in [0.29, 0.717) is 65.1 Å². The maximum atomic E-state index is 6.15. The van der Waals surface area contributed by atoms with Crippen molar-refractivity contribution in [2.24, 2.45) is 4.99 Å². The molecule has 1 saturated heterocycles. The zero-order chi connectivity index (χ0) is 25.5. The van der Waals surface area contributed by atoms with Crippen LogP contribution in [0.2, 0.25) is 10.0 Å². The predicted molar refractivity (Wildman–Crippen MR) is 143 cm³/mol. The summed E-state index contributed by atoms with van der Waals surface area (Å²) in [6, 6.07) is 11.3. The van der Waals surface area contributed by atoms with Crippen LogP contribution in [0.5, 0.6) is 11.5 Å². The number of hydrogen-bond acceptors (Lipinski definition) is 7. The van der Waals surface area contributed by atoms with Crippen molar-refractivity contribution in [2.45, 2.75) is 13.0 Å². The molecule has 1 aliphatic rings. The van der Waals surface area contributed by atoms with Gasteiger partial charge in [-0.2, -0.15) is 4.99 Å². The van der Waals surface area contributed by atoms with Crippen molar-refractivity contribution < 1.29 is 14.2 Å². The third-order valence-corrected chi connectivity index (χ3v) is 6.21. The molecule has 1 aliphatic heterocycles. The van der Waals surface area contributed by atoms with E-state index in [1.54, 1.807) is 19.2 Å². The first-order valence-corrected chi connectivity index (χ1v) is 12.1. The summed E-state index contributed by atoms with van der Waals surface area (Å²) in [4.78, 5) is 15.0. The van der Waals surface area contributed by atoms with Crippen LogP contribution in [0.25, 0.3) is 10.9 Å². The lowest BCUT2D eigenvalue weighted by Crippen LogP contribution is -2.51. The molecule has 0 radical (unpaired) electrons. The van der Waals surface area contributed by atoms with Gasteiger partial charge in [0.2, 0.25) is 5.96 Å². The van der Waals surface area contributed by atoms with E-state index in [0.717, 1.165) is 17.6 Å². The van der Waals surface area contributed by atoms with E-state index in [2.05, 4.69) is 36.5 Å². The third kappa shape index (κ3) is 6.02. The Balaban J connectivity index is 1.51. The summed E-state index contributed by atoms with van der Waals surface area (Å²) in [6.45, 7) is 4.84. The zero-order valence-electron chi connectivity index (χ0n) is 19.9. The molecule has 2 N–H and O–H groups in total. The van der Waals surface area contributed by atoms with Crippen molar-refractivity contribution in [3.63, 3.8) is 0 Å². The van der Waals surface area contributed by atoms with Crippen LogP contribution in [0.3, 0.4) is 0 Å². The number of morpholine rings is 1. The molecule has 36 heavy (non-hydrogen) atoms. The molecule has 3 aromatic rings. The number of anilines is 2. The number of benzene rings is 2. The van der Waals surface area contributed by atoms with Gasteiger partial charge in [-0.3, -0.25) is 0 Å². The summed E-state index contributed by atoms with van der Waals surface area (Å²) in [6.07, 6.45) is 6.68. The smallest absolute Gasteiger partial charge is 0.207 e. The first kappa shape index (κ1) is 25.6. The maximum absolute atomic E-state index is 6.15. The van der Waals surface area contributed by atoms with Gasteiger partial charge in [0.05, 0.1) is 35.8 Å². The predicted octanol–water partition coefficient (Wildman–Crippen LogP) is 4.32. The highest BCUT2D eigenvalue weighted by molar-refractivity contribution is 6.42. The fourth-order valence-corrected chi connectivity index (χ4v) is 4.08. The number of aliphatic imine (C=N–C) groups is 1. The molecule has 2 aromatic carbocycles. The van der Waals surface area contributed by atoms with Gasteiger partial charge in [-0.1, -0.05) is 29.6 Å². The molecule has 9 nitrogen and oxygen atoms in total. The second-order valence-electron chi connectivity index (χ2n) is 7.84. The molecule has 0 spiro atoms. The van der Waals surface area contributed by atoms with Crippen molar-refractivity contribution in [2.75, 3.05) is 45.3 Å². The Morgan fingerprint density at radius 1 is 1.25 bits per heavy atom. The van der Waals surface area contributed by atoms with Crippen LogP contribution >= 0.6 is 23.2 Å². The van der Waals surface area contributed by atoms with Gasteiger partial charge in [-0.25, -0.2) is 9.97 Å². The zero-order valence-corrected chi connectivity index (χ0v) is 21.4. The summed E-state index contributed by atoms with van der Waals surface area (Å²) in [5.74, 6) is 2.35. The van der Waals surface area contributed by atoms with E-state index in [4.69, 9.17) is 43.8 Å². The monoisotopic (exact) mass is 528 g/mol. The molecular formula is C25H26Cl2N6O3. The van der Waals surface area contributed by atoms with E-state index < -0.39 is 0 Å². The number of nitrogens with one attached hydrogen (secondary N) is 2. The van der Waals surface area contributed by atoms with Gasteiger partial charge in [0.15, 0.2) is 11.5 Å². The summed E-state index contributed by atoms with van der Waals surface area (Å²) in [5, 5.41) is 8.13. The number of rotatable bonds is 7. The minimum atomic E-state index is -0.182. The van der Waals surface area contributed by atoms with Crippen LogP contribution in [-0.2, 0) is 4.74 Å². The average molecular weight is 529 g/mol. The summed E-state index contributed by atoms with van der Waals surface area (Å²) in [5.41, 5.74) is 1.43. The number of guanidine groups is 1. The van der Waals surface area contributed by atoms with E-state index in [-0.39, 0.29) is 6.10 Å². The van der Waals surface area contributed by atoms with E-state index in [9.17, 15) is 0 Å². The van der Waals surface area contributed by atoms with Gasteiger partial charge in [0, 0.05) is 36.3 Å². The number of halogens is 2. The molecule has 2 heterocycles. The minimum absolute atomic E-state index is 0.182. The second-order valence-corrected chi connectivity index (χ2v) is 8.66. The van der Waals surface area contributed by atoms with Crippen molar-refractivity contribution in [1.82, 2.24) is 20.2 Å². The van der Waals surface area contributed by atoms with Crippen LogP contribution < -0.4 is 20.1 Å². The summed E-state index contributed by atoms with van der Waals surface area (Å²) in [7, 11) is 1.59. The van der Waals surface area contributed by atoms with E-state index >= 15 is 0 Å². The number of hydrogen-bond donors (Lipinski definition) is 2. The molecule has 0 aliphatic carbocycles. The van der Waals surface area contributed by atoms with E-state index in [1.165, 1.54) is 6.33 Å². The fraction of sp³-hybridized carbons (Fsp3) is 0.320. The van der Waals surface area contributed by atoms with Crippen LogP contribution in [0.4, 0.5) is 11.5 Å². The van der Waals surface area contributed by atoms with Crippen molar-refractivity contribution in [3.8, 4) is 24.0 Å². The number of methoxy groups -OCH3 is 1. The van der Waals surface area contributed by atoms with Crippen LogP contribution in [0.1, 0.15) is 6.92 Å². The van der Waals surface area contributed by atoms with Gasteiger partial charge in [0.25, 0.3) is 0 Å². The first-order chi connectivity index (χ1) is 17.5. The Morgan fingerprint density at radius 3 is 2.86 bits per heavy atom. The lowest BCUT2D eigenvalue weighted by atomic mass is 10.2. The Bertz CT molecular complexity index is 1300. The van der Waals surface area contributed by atoms with Gasteiger partial charge >= 0.3 is 0 Å². The Labute approximate surface area is 219 Å². The average Bonchev–Trinajstić information content (AvgIpc) is 2.89. The highest BCUT2D eigenvalue weighted by Crippen LogP contribution is 2.35. The molecule has 11 heteroatoms. The molecule has 4 rings (SSSR count). The summed E-state index contributed by atoms with van der Waals surface area (Å²) < 4.78 is 17.6. The molecule has 1 atom stereocenters. The quantitative estimate of drug-likeness (QED) is 0.266. The topological polar surface area (TPSA) is 93.1 Å². The Hall–Kier alpha value is -3.45. The molecule has 188 valence electrons. The SMILES string of the molecule is C#CN=C(NCC)N1CCOC(COc2cc3ncnc(Nc4ccc(Cl)c(Cl)c4)c3cc2OC)C1. The van der Waals surface area contributed by atoms with Crippen LogP contribution in [0.15, 0.2) is 41.7 Å². The number of fused-ring (bicyclic) bond motifs is 1. The third-order valence-electron chi connectivity index (χ3n) is 5.47. The van der Waals surface area contributed by atoms with Crippen molar-refractivity contribution in [1.29, 1.82) is 0 Å². The highest BCUT2D eigenvalue weighted by atomic mass is 35.5. The van der Waals surface area contributed by atoms with Crippen LogP contribution in [-0.4, -0.2) is 66.9 Å². The minimum Gasteiger partial charge on any atom is -0.493 e. The Morgan fingerprint density at radius 2 is 2.11 bits per heavy atom.